The van der Waals surface area contributed by atoms with Gasteiger partial charge in [0.2, 0.25) is 0 Å². The minimum atomic E-state index is -2.98. The molecule has 2 nitrogen and oxygen atoms in total. The maximum absolute atomic E-state index is 11.3. The smallest absolute Gasteiger partial charge is 0.144 e. The topological polar surface area (TPSA) is 37.3 Å². The second-order valence-electron chi connectivity index (χ2n) is 3.77. The molecule has 2 atom stereocenters. The van der Waals surface area contributed by atoms with Crippen LogP contribution >= 0.6 is 0 Å². The highest BCUT2D eigenvalue weighted by Crippen LogP contribution is 2.16. The van der Waals surface area contributed by atoms with E-state index in [0.29, 0.717) is 0 Å². The Morgan fingerprint density at radius 1 is 1.14 bits per heavy atom. The van der Waals surface area contributed by atoms with Crippen LogP contribution in [-0.4, -0.2) is 14.0 Å². The third kappa shape index (κ3) is 6.74. The van der Waals surface area contributed by atoms with Crippen molar-refractivity contribution >= 4 is 20.0 Å². The second kappa shape index (κ2) is 7.60. The summed E-state index contributed by atoms with van der Waals surface area (Å²) in [4.78, 5) is 0. The lowest BCUT2D eigenvalue weighted by molar-refractivity contribution is 0.513. The number of unbranched alkanes of at least 4 members (excludes halogenated alkanes) is 3. The van der Waals surface area contributed by atoms with Gasteiger partial charge in [0.25, 0.3) is 0 Å². The van der Waals surface area contributed by atoms with Crippen molar-refractivity contribution in [1.82, 2.24) is 0 Å². The number of rotatable bonds is 8. The summed E-state index contributed by atoms with van der Waals surface area (Å²) in [6, 6.07) is 0. The van der Waals surface area contributed by atoms with Crippen molar-refractivity contribution in [3.05, 3.63) is 0 Å². The van der Waals surface area contributed by atoms with E-state index in [2.05, 4.69) is 18.1 Å². The maximum Gasteiger partial charge on any atom is 0.144 e. The van der Waals surface area contributed by atoms with E-state index in [1.54, 1.807) is 0 Å². The lowest BCUT2D eigenvalue weighted by atomic mass is 10.1. The van der Waals surface area contributed by atoms with Gasteiger partial charge < -0.3 is 4.55 Å². The highest BCUT2D eigenvalue weighted by atomic mass is 32.8. The molecule has 0 aliphatic heterocycles. The lowest BCUT2D eigenvalue weighted by Crippen LogP contribution is -2.19. The van der Waals surface area contributed by atoms with Crippen LogP contribution < -0.4 is 0 Å². The van der Waals surface area contributed by atoms with E-state index >= 15 is 0 Å². The Bertz CT molecular complexity index is 222. The average molecular weight is 238 g/mol. The van der Waals surface area contributed by atoms with E-state index < -0.39 is 8.77 Å². The Kier molecular flexibility index (Phi) is 7.78. The van der Waals surface area contributed by atoms with E-state index in [0.717, 1.165) is 32.1 Å². The molecule has 2 unspecified atom stereocenters. The van der Waals surface area contributed by atoms with Gasteiger partial charge in [-0.15, -0.1) is 0 Å². The fourth-order valence-corrected chi connectivity index (χ4v) is 3.14. The van der Waals surface area contributed by atoms with Gasteiger partial charge in [-0.25, -0.2) is 4.21 Å². The molecule has 0 saturated heterocycles. The molecule has 0 heterocycles. The van der Waals surface area contributed by atoms with Gasteiger partial charge in [-0.1, -0.05) is 46.0 Å². The van der Waals surface area contributed by atoms with Gasteiger partial charge in [-0.2, -0.15) is 0 Å². The molecule has 0 aliphatic rings. The van der Waals surface area contributed by atoms with Gasteiger partial charge >= 0.3 is 0 Å². The first kappa shape index (κ1) is 14.3. The predicted molar refractivity (Wildman–Crippen MR) is 65.6 cm³/mol. The summed E-state index contributed by atoms with van der Waals surface area (Å²) in [5, 5.41) is -0.167. The molecule has 0 bridgehead atoms. The summed E-state index contributed by atoms with van der Waals surface area (Å²) in [6.45, 7) is 4.19. The SMILES string of the molecule is CCCCCCC(CCC)S(=O)(O)=S. The summed E-state index contributed by atoms with van der Waals surface area (Å²) in [5.41, 5.74) is 0. The zero-order chi connectivity index (χ0) is 11.0. The van der Waals surface area contributed by atoms with Crippen molar-refractivity contribution in [2.45, 2.75) is 64.0 Å². The summed E-state index contributed by atoms with van der Waals surface area (Å²) >= 11 is 4.63. The molecular weight excluding hydrogens is 216 g/mol. The third-order valence-corrected chi connectivity index (χ3v) is 4.54. The molecule has 1 N–H and O–H groups in total. The lowest BCUT2D eigenvalue weighted by Gasteiger charge is -2.14. The highest BCUT2D eigenvalue weighted by molar-refractivity contribution is 8.30. The average Bonchev–Trinajstić information content (AvgIpc) is 2.08. The van der Waals surface area contributed by atoms with Crippen molar-refractivity contribution in [3.8, 4) is 0 Å². The number of hydrogen-bond acceptors (Lipinski definition) is 2. The standard InChI is InChI=1S/C10H22O2S2/c1-3-5-6-7-9-10(8-4-2)14(11,12)13/h10H,3-9H2,1-2H3,(H,11,12,13). The van der Waals surface area contributed by atoms with Crippen molar-refractivity contribution in [3.63, 3.8) is 0 Å². The molecule has 0 aliphatic carbocycles. The number of hydrogen-bond donors (Lipinski definition) is 1. The molecule has 0 amide bonds. The second-order valence-corrected chi connectivity index (χ2v) is 6.90. The van der Waals surface area contributed by atoms with E-state index in [4.69, 9.17) is 0 Å². The normalized spacial score (nSPS) is 17.6. The van der Waals surface area contributed by atoms with Gasteiger partial charge in [0.05, 0.1) is 5.25 Å². The molecule has 0 aromatic rings. The first-order chi connectivity index (χ1) is 6.52. The van der Waals surface area contributed by atoms with Crippen LogP contribution in [0.5, 0.6) is 0 Å². The summed E-state index contributed by atoms with van der Waals surface area (Å²) < 4.78 is 20.6. The van der Waals surface area contributed by atoms with Crippen LogP contribution in [0.15, 0.2) is 0 Å². The zero-order valence-electron chi connectivity index (χ0n) is 9.20. The van der Waals surface area contributed by atoms with E-state index in [1.807, 2.05) is 6.92 Å². The van der Waals surface area contributed by atoms with Crippen LogP contribution in [0, 0.1) is 0 Å². The van der Waals surface area contributed by atoms with E-state index in [1.165, 1.54) is 12.8 Å². The molecule has 0 rings (SSSR count). The van der Waals surface area contributed by atoms with Crippen LogP contribution in [-0.2, 0) is 20.0 Å². The van der Waals surface area contributed by atoms with Crippen LogP contribution in [0.1, 0.15) is 58.8 Å². The Morgan fingerprint density at radius 2 is 1.79 bits per heavy atom. The Hall–Kier alpha value is 0.330. The van der Waals surface area contributed by atoms with Gasteiger partial charge in [0, 0.05) is 11.2 Å². The van der Waals surface area contributed by atoms with E-state index in [-0.39, 0.29) is 5.25 Å². The first-order valence-electron chi connectivity index (χ1n) is 5.48. The molecule has 4 heteroatoms. The molecule has 14 heavy (non-hydrogen) atoms. The molecule has 0 aromatic heterocycles. The molecule has 86 valence electrons. The van der Waals surface area contributed by atoms with Crippen molar-refractivity contribution in [1.29, 1.82) is 0 Å². The van der Waals surface area contributed by atoms with Gasteiger partial charge in [-0.05, 0) is 12.8 Å². The van der Waals surface area contributed by atoms with Crippen molar-refractivity contribution < 1.29 is 8.76 Å². The fourth-order valence-electron chi connectivity index (χ4n) is 1.56. The molecule has 0 spiro atoms. The third-order valence-electron chi connectivity index (χ3n) is 2.41. The summed E-state index contributed by atoms with van der Waals surface area (Å²) in [5.74, 6) is 0. The van der Waals surface area contributed by atoms with Crippen LogP contribution in [0.3, 0.4) is 0 Å². The minimum absolute atomic E-state index is 0.167. The molecule has 0 radical (unpaired) electrons. The van der Waals surface area contributed by atoms with Crippen molar-refractivity contribution in [2.75, 3.05) is 0 Å². The van der Waals surface area contributed by atoms with Crippen molar-refractivity contribution in [2.24, 2.45) is 0 Å². The first-order valence-corrected chi connectivity index (χ1v) is 7.99. The van der Waals surface area contributed by atoms with Crippen LogP contribution in [0.2, 0.25) is 0 Å². The Balaban J connectivity index is 3.87. The molecule has 0 fully saturated rings. The zero-order valence-corrected chi connectivity index (χ0v) is 10.8. The van der Waals surface area contributed by atoms with Gasteiger partial charge in [0.1, 0.15) is 8.77 Å². The summed E-state index contributed by atoms with van der Waals surface area (Å²) in [7, 11) is -2.98. The predicted octanol–water partition coefficient (Wildman–Crippen LogP) is 3.34. The quantitative estimate of drug-likeness (QED) is 0.659. The Labute approximate surface area is 93.0 Å². The van der Waals surface area contributed by atoms with Gasteiger partial charge in [0.15, 0.2) is 0 Å². The molecule has 0 aromatic carbocycles. The molecule has 0 saturated carbocycles. The highest BCUT2D eigenvalue weighted by Gasteiger charge is 2.17. The summed E-state index contributed by atoms with van der Waals surface area (Å²) in [6.07, 6.45) is 7.13. The van der Waals surface area contributed by atoms with Crippen LogP contribution in [0.4, 0.5) is 0 Å². The minimum Gasteiger partial charge on any atom is -0.305 e. The van der Waals surface area contributed by atoms with E-state index in [9.17, 15) is 8.76 Å². The fraction of sp³-hybridized carbons (Fsp3) is 1.00. The maximum atomic E-state index is 11.3. The largest absolute Gasteiger partial charge is 0.305 e. The van der Waals surface area contributed by atoms with Gasteiger partial charge in [-0.3, -0.25) is 0 Å². The van der Waals surface area contributed by atoms with Crippen LogP contribution in [0.25, 0.3) is 0 Å². The monoisotopic (exact) mass is 238 g/mol. The Morgan fingerprint density at radius 3 is 2.21 bits per heavy atom. The molecular formula is C10H22O2S2.